The molecule has 2 heterocycles. The predicted molar refractivity (Wildman–Crippen MR) is 109 cm³/mol. The summed E-state index contributed by atoms with van der Waals surface area (Å²) in [6.07, 6.45) is 4.67. The monoisotopic (exact) mass is 357 g/mol. The SMILES string of the molecule is CCc1ccc(-c2cc3c(=O)n(Cc4cc(C)ccc4C)ccn3n2)cc1. The van der Waals surface area contributed by atoms with Crippen LogP contribution in [0.25, 0.3) is 16.8 Å². The summed E-state index contributed by atoms with van der Waals surface area (Å²) in [5.41, 5.74) is 7.26. The third-order valence-corrected chi connectivity index (χ3v) is 5.11. The van der Waals surface area contributed by atoms with Crippen molar-refractivity contribution in [3.63, 3.8) is 0 Å². The van der Waals surface area contributed by atoms with Crippen LogP contribution in [0, 0.1) is 13.8 Å². The van der Waals surface area contributed by atoms with Crippen molar-refractivity contribution < 1.29 is 0 Å². The first kappa shape index (κ1) is 17.3. The quantitative estimate of drug-likeness (QED) is 0.543. The molecular formula is C23H23N3O. The van der Waals surface area contributed by atoms with Gasteiger partial charge in [-0.2, -0.15) is 5.10 Å². The maximum Gasteiger partial charge on any atom is 0.276 e. The number of aryl methyl sites for hydroxylation is 3. The van der Waals surface area contributed by atoms with Crippen LogP contribution in [0.15, 0.2) is 65.7 Å². The van der Waals surface area contributed by atoms with Gasteiger partial charge in [0.05, 0.1) is 12.2 Å². The van der Waals surface area contributed by atoms with E-state index in [2.05, 4.69) is 68.3 Å². The summed E-state index contributed by atoms with van der Waals surface area (Å²) in [7, 11) is 0. The molecule has 2 aromatic carbocycles. The van der Waals surface area contributed by atoms with E-state index in [4.69, 9.17) is 0 Å². The third kappa shape index (κ3) is 3.31. The van der Waals surface area contributed by atoms with Crippen LogP contribution >= 0.6 is 0 Å². The Morgan fingerprint density at radius 2 is 1.74 bits per heavy atom. The zero-order valence-corrected chi connectivity index (χ0v) is 15.9. The Labute approximate surface area is 158 Å². The molecule has 0 N–H and O–H groups in total. The number of benzene rings is 2. The lowest BCUT2D eigenvalue weighted by Crippen LogP contribution is -2.22. The van der Waals surface area contributed by atoms with Gasteiger partial charge in [-0.1, -0.05) is 55.0 Å². The second kappa shape index (κ2) is 6.88. The zero-order valence-electron chi connectivity index (χ0n) is 15.9. The average Bonchev–Trinajstić information content (AvgIpc) is 3.12. The highest BCUT2D eigenvalue weighted by Gasteiger charge is 2.10. The molecule has 0 atom stereocenters. The first-order valence-electron chi connectivity index (χ1n) is 9.29. The van der Waals surface area contributed by atoms with Crippen LogP contribution < -0.4 is 5.56 Å². The van der Waals surface area contributed by atoms with Gasteiger partial charge in [0.15, 0.2) is 0 Å². The van der Waals surface area contributed by atoms with Gasteiger partial charge >= 0.3 is 0 Å². The lowest BCUT2D eigenvalue weighted by atomic mass is 10.1. The Balaban J connectivity index is 1.73. The van der Waals surface area contributed by atoms with E-state index in [0.29, 0.717) is 12.1 Å². The maximum absolute atomic E-state index is 13.0. The molecule has 0 fully saturated rings. The van der Waals surface area contributed by atoms with Crippen LogP contribution in [0.3, 0.4) is 0 Å². The van der Waals surface area contributed by atoms with Crippen molar-refractivity contribution in [3.05, 3.63) is 93.5 Å². The van der Waals surface area contributed by atoms with Gasteiger partial charge in [0.25, 0.3) is 5.56 Å². The second-order valence-electron chi connectivity index (χ2n) is 7.07. The fourth-order valence-corrected chi connectivity index (χ4v) is 3.36. The van der Waals surface area contributed by atoms with Crippen LogP contribution in [0.1, 0.15) is 29.2 Å². The van der Waals surface area contributed by atoms with Gasteiger partial charge in [-0.25, -0.2) is 4.52 Å². The normalized spacial score (nSPS) is 11.2. The van der Waals surface area contributed by atoms with Crippen LogP contribution in [0.4, 0.5) is 0 Å². The molecule has 0 amide bonds. The molecule has 0 aliphatic heterocycles. The maximum atomic E-state index is 13.0. The van der Waals surface area contributed by atoms with Crippen molar-refractivity contribution in [2.45, 2.75) is 33.7 Å². The van der Waals surface area contributed by atoms with Gasteiger partial charge < -0.3 is 4.57 Å². The van der Waals surface area contributed by atoms with E-state index in [1.165, 1.54) is 16.7 Å². The molecule has 4 aromatic rings. The zero-order chi connectivity index (χ0) is 19.0. The van der Waals surface area contributed by atoms with E-state index in [1.54, 1.807) is 9.08 Å². The molecule has 0 aliphatic rings. The largest absolute Gasteiger partial charge is 0.308 e. The Hall–Kier alpha value is -3.14. The molecule has 2 aromatic heterocycles. The van der Waals surface area contributed by atoms with Crippen molar-refractivity contribution in [2.24, 2.45) is 0 Å². The minimum absolute atomic E-state index is 0.0256. The molecule has 4 heteroatoms. The number of rotatable bonds is 4. The Morgan fingerprint density at radius 1 is 0.963 bits per heavy atom. The van der Waals surface area contributed by atoms with E-state index >= 15 is 0 Å². The van der Waals surface area contributed by atoms with E-state index < -0.39 is 0 Å². The number of fused-ring (bicyclic) bond motifs is 1. The summed E-state index contributed by atoms with van der Waals surface area (Å²) in [5, 5.41) is 4.58. The van der Waals surface area contributed by atoms with E-state index in [-0.39, 0.29) is 5.56 Å². The number of nitrogens with zero attached hydrogens (tertiary/aromatic N) is 3. The Bertz CT molecular complexity index is 1170. The predicted octanol–water partition coefficient (Wildman–Crippen LogP) is 4.39. The van der Waals surface area contributed by atoms with Gasteiger partial charge in [-0.05, 0) is 43.0 Å². The number of hydrogen-bond acceptors (Lipinski definition) is 2. The van der Waals surface area contributed by atoms with Gasteiger partial charge in [-0.15, -0.1) is 0 Å². The number of hydrogen-bond donors (Lipinski definition) is 0. The van der Waals surface area contributed by atoms with E-state index in [1.807, 2.05) is 18.5 Å². The fraction of sp³-hybridized carbons (Fsp3) is 0.217. The smallest absolute Gasteiger partial charge is 0.276 e. The molecule has 0 unspecified atom stereocenters. The molecule has 4 nitrogen and oxygen atoms in total. The van der Waals surface area contributed by atoms with Crippen molar-refractivity contribution >= 4 is 5.52 Å². The van der Waals surface area contributed by atoms with Gasteiger partial charge in [0.2, 0.25) is 0 Å². The Kier molecular flexibility index (Phi) is 4.40. The molecule has 27 heavy (non-hydrogen) atoms. The van der Waals surface area contributed by atoms with Gasteiger partial charge in [0.1, 0.15) is 5.52 Å². The van der Waals surface area contributed by atoms with Crippen molar-refractivity contribution in [1.29, 1.82) is 0 Å². The van der Waals surface area contributed by atoms with Gasteiger partial charge in [-0.3, -0.25) is 4.79 Å². The van der Waals surface area contributed by atoms with Crippen LogP contribution in [0.5, 0.6) is 0 Å². The average molecular weight is 357 g/mol. The Morgan fingerprint density at radius 3 is 2.48 bits per heavy atom. The summed E-state index contributed by atoms with van der Waals surface area (Å²) in [6, 6.07) is 16.6. The minimum Gasteiger partial charge on any atom is -0.308 e. The molecule has 0 bridgehead atoms. The first-order chi connectivity index (χ1) is 13.0. The topological polar surface area (TPSA) is 39.3 Å². The second-order valence-corrected chi connectivity index (χ2v) is 7.07. The molecular weight excluding hydrogens is 334 g/mol. The molecule has 0 saturated heterocycles. The molecule has 0 spiro atoms. The van der Waals surface area contributed by atoms with Crippen LogP contribution in [0.2, 0.25) is 0 Å². The molecule has 136 valence electrons. The van der Waals surface area contributed by atoms with Crippen LogP contribution in [-0.4, -0.2) is 14.2 Å². The fourth-order valence-electron chi connectivity index (χ4n) is 3.36. The van der Waals surface area contributed by atoms with Crippen molar-refractivity contribution in [1.82, 2.24) is 14.2 Å². The molecule has 0 saturated carbocycles. The van der Waals surface area contributed by atoms with Crippen molar-refractivity contribution in [2.75, 3.05) is 0 Å². The standard InChI is InChI=1S/C23H23N3O/c1-4-18-7-9-19(10-8-18)21-14-22-23(27)25(11-12-26(22)24-21)15-20-13-16(2)5-6-17(20)3/h5-14H,4,15H2,1-3H3. The highest BCUT2D eigenvalue weighted by atomic mass is 16.1. The highest BCUT2D eigenvalue weighted by Crippen LogP contribution is 2.19. The summed E-state index contributed by atoms with van der Waals surface area (Å²) in [6.45, 7) is 6.85. The van der Waals surface area contributed by atoms with E-state index in [9.17, 15) is 4.79 Å². The van der Waals surface area contributed by atoms with E-state index in [0.717, 1.165) is 23.2 Å². The van der Waals surface area contributed by atoms with Crippen LogP contribution in [-0.2, 0) is 13.0 Å². The summed E-state index contributed by atoms with van der Waals surface area (Å²) >= 11 is 0. The summed E-state index contributed by atoms with van der Waals surface area (Å²) < 4.78 is 3.42. The summed E-state index contributed by atoms with van der Waals surface area (Å²) in [4.78, 5) is 13.0. The highest BCUT2D eigenvalue weighted by molar-refractivity contribution is 5.65. The first-order valence-corrected chi connectivity index (χ1v) is 9.29. The molecule has 0 aliphatic carbocycles. The van der Waals surface area contributed by atoms with Crippen molar-refractivity contribution in [3.8, 4) is 11.3 Å². The lowest BCUT2D eigenvalue weighted by Gasteiger charge is -2.10. The number of aromatic nitrogens is 3. The third-order valence-electron chi connectivity index (χ3n) is 5.11. The van der Waals surface area contributed by atoms with Gasteiger partial charge in [0, 0.05) is 18.0 Å². The molecule has 4 rings (SSSR count). The molecule has 0 radical (unpaired) electrons. The summed E-state index contributed by atoms with van der Waals surface area (Å²) in [5.74, 6) is 0. The lowest BCUT2D eigenvalue weighted by molar-refractivity contribution is 0.739. The minimum atomic E-state index is -0.0256.